The number of rotatable bonds is 3. The van der Waals surface area contributed by atoms with Crippen LogP contribution < -0.4 is 0 Å². The smallest absolute Gasteiger partial charge is 0.164 e. The number of fused-ring (bicyclic) bond motifs is 1. The third-order valence-corrected chi connectivity index (χ3v) is 3.07. The van der Waals surface area contributed by atoms with Gasteiger partial charge in [-0.3, -0.25) is 4.98 Å². The maximum Gasteiger partial charge on any atom is 0.164 e. The minimum atomic E-state index is 0.558. The second-order valence-corrected chi connectivity index (χ2v) is 5.08. The molecule has 0 atom stereocenters. The quantitative estimate of drug-likeness (QED) is 0.719. The van der Waals surface area contributed by atoms with Crippen LogP contribution in [0, 0.1) is 5.92 Å². The van der Waals surface area contributed by atoms with Gasteiger partial charge in [-0.1, -0.05) is 32.0 Å². The summed E-state index contributed by atoms with van der Waals surface area (Å²) in [6, 6.07) is 10.1. The molecule has 0 unspecified atom stereocenters. The molecule has 0 N–H and O–H groups in total. The van der Waals surface area contributed by atoms with Crippen LogP contribution in [0.1, 0.15) is 13.8 Å². The molecule has 3 aromatic rings. The standard InChI is InChI=1S/C15H16N4/c1-11(2)9-19-10-17-18-15(19)13-7-8-16-14-6-4-3-5-12(13)14/h3-8,10-11H,9H2,1-2H3. The van der Waals surface area contributed by atoms with Gasteiger partial charge in [0.05, 0.1) is 5.52 Å². The number of hydrogen-bond acceptors (Lipinski definition) is 3. The van der Waals surface area contributed by atoms with E-state index in [-0.39, 0.29) is 0 Å². The van der Waals surface area contributed by atoms with Crippen molar-refractivity contribution in [3.05, 3.63) is 42.9 Å². The second kappa shape index (κ2) is 4.80. The molecule has 4 heteroatoms. The van der Waals surface area contributed by atoms with Crippen molar-refractivity contribution in [3.8, 4) is 11.4 Å². The Kier molecular flexibility index (Phi) is 2.99. The molecule has 0 spiro atoms. The highest BCUT2D eigenvalue weighted by Crippen LogP contribution is 2.25. The lowest BCUT2D eigenvalue weighted by Gasteiger charge is -2.10. The molecule has 0 aliphatic heterocycles. The summed E-state index contributed by atoms with van der Waals surface area (Å²) in [5, 5.41) is 9.44. The minimum Gasteiger partial charge on any atom is -0.313 e. The van der Waals surface area contributed by atoms with E-state index in [2.05, 4.69) is 39.7 Å². The molecule has 19 heavy (non-hydrogen) atoms. The molecular formula is C15H16N4. The van der Waals surface area contributed by atoms with Gasteiger partial charge in [0.15, 0.2) is 5.82 Å². The van der Waals surface area contributed by atoms with Crippen molar-refractivity contribution in [1.82, 2.24) is 19.7 Å². The first-order valence-corrected chi connectivity index (χ1v) is 6.47. The van der Waals surface area contributed by atoms with Crippen LogP contribution in [0.5, 0.6) is 0 Å². The van der Waals surface area contributed by atoms with Gasteiger partial charge in [-0.25, -0.2) is 0 Å². The Morgan fingerprint density at radius 2 is 2.00 bits per heavy atom. The number of nitrogens with zero attached hydrogens (tertiary/aromatic N) is 4. The monoisotopic (exact) mass is 252 g/mol. The number of hydrogen-bond donors (Lipinski definition) is 0. The van der Waals surface area contributed by atoms with Gasteiger partial charge in [-0.2, -0.15) is 0 Å². The van der Waals surface area contributed by atoms with Crippen LogP contribution in [0.3, 0.4) is 0 Å². The first-order valence-electron chi connectivity index (χ1n) is 6.47. The summed E-state index contributed by atoms with van der Waals surface area (Å²) in [6.45, 7) is 5.29. The average molecular weight is 252 g/mol. The summed E-state index contributed by atoms with van der Waals surface area (Å²) in [6.07, 6.45) is 3.62. The lowest BCUT2D eigenvalue weighted by atomic mass is 10.1. The Hall–Kier alpha value is -2.23. The molecule has 0 aliphatic rings. The fraction of sp³-hybridized carbons (Fsp3) is 0.267. The number of benzene rings is 1. The van der Waals surface area contributed by atoms with Crippen molar-refractivity contribution in [2.24, 2.45) is 5.92 Å². The van der Waals surface area contributed by atoms with Crippen molar-refractivity contribution in [1.29, 1.82) is 0 Å². The fourth-order valence-electron chi connectivity index (χ4n) is 2.28. The summed E-state index contributed by atoms with van der Waals surface area (Å²) in [4.78, 5) is 4.38. The first kappa shape index (κ1) is 11.8. The van der Waals surface area contributed by atoms with E-state index in [0.717, 1.165) is 28.8 Å². The van der Waals surface area contributed by atoms with Crippen LogP contribution in [0.25, 0.3) is 22.3 Å². The van der Waals surface area contributed by atoms with Crippen molar-refractivity contribution < 1.29 is 0 Å². The van der Waals surface area contributed by atoms with E-state index in [0.29, 0.717) is 5.92 Å². The minimum absolute atomic E-state index is 0.558. The van der Waals surface area contributed by atoms with Crippen LogP contribution in [0.4, 0.5) is 0 Å². The Balaban J connectivity index is 2.17. The van der Waals surface area contributed by atoms with Crippen LogP contribution in [0.2, 0.25) is 0 Å². The Labute approximate surface area is 112 Å². The zero-order chi connectivity index (χ0) is 13.2. The molecule has 2 aromatic heterocycles. The Bertz CT molecular complexity index is 695. The maximum absolute atomic E-state index is 4.38. The lowest BCUT2D eigenvalue weighted by molar-refractivity contribution is 0.525. The van der Waals surface area contributed by atoms with Crippen molar-refractivity contribution in [2.45, 2.75) is 20.4 Å². The summed E-state index contributed by atoms with van der Waals surface area (Å²) >= 11 is 0. The van der Waals surface area contributed by atoms with Crippen molar-refractivity contribution >= 4 is 10.9 Å². The largest absolute Gasteiger partial charge is 0.313 e. The van der Waals surface area contributed by atoms with E-state index in [9.17, 15) is 0 Å². The molecule has 0 saturated carbocycles. The van der Waals surface area contributed by atoms with Gasteiger partial charge in [-0.05, 0) is 18.1 Å². The van der Waals surface area contributed by atoms with E-state index in [1.54, 1.807) is 6.33 Å². The zero-order valence-electron chi connectivity index (χ0n) is 11.1. The summed E-state index contributed by atoms with van der Waals surface area (Å²) in [5.74, 6) is 1.47. The highest BCUT2D eigenvalue weighted by Gasteiger charge is 2.11. The van der Waals surface area contributed by atoms with Gasteiger partial charge in [0.2, 0.25) is 0 Å². The van der Waals surface area contributed by atoms with E-state index < -0.39 is 0 Å². The third-order valence-electron chi connectivity index (χ3n) is 3.07. The van der Waals surface area contributed by atoms with Crippen molar-refractivity contribution in [2.75, 3.05) is 0 Å². The molecule has 0 radical (unpaired) electrons. The van der Waals surface area contributed by atoms with Gasteiger partial charge in [0.1, 0.15) is 6.33 Å². The Morgan fingerprint density at radius 1 is 1.16 bits per heavy atom. The van der Waals surface area contributed by atoms with Crippen LogP contribution >= 0.6 is 0 Å². The van der Waals surface area contributed by atoms with Crippen LogP contribution in [0.15, 0.2) is 42.9 Å². The molecular weight excluding hydrogens is 236 g/mol. The molecule has 0 saturated heterocycles. The number of pyridine rings is 1. The van der Waals surface area contributed by atoms with E-state index in [1.807, 2.05) is 30.5 Å². The molecule has 1 aromatic carbocycles. The molecule has 0 fully saturated rings. The number of aromatic nitrogens is 4. The molecule has 2 heterocycles. The molecule has 0 aliphatic carbocycles. The summed E-state index contributed by atoms with van der Waals surface area (Å²) in [7, 11) is 0. The first-order chi connectivity index (χ1) is 9.25. The molecule has 4 nitrogen and oxygen atoms in total. The molecule has 96 valence electrons. The molecule has 3 rings (SSSR count). The average Bonchev–Trinajstić information content (AvgIpc) is 2.85. The van der Waals surface area contributed by atoms with Gasteiger partial charge in [-0.15, -0.1) is 10.2 Å². The van der Waals surface area contributed by atoms with Gasteiger partial charge in [0.25, 0.3) is 0 Å². The van der Waals surface area contributed by atoms with Gasteiger partial charge < -0.3 is 4.57 Å². The van der Waals surface area contributed by atoms with Crippen LogP contribution in [-0.4, -0.2) is 19.7 Å². The predicted octanol–water partition coefficient (Wildman–Crippen LogP) is 3.15. The normalized spacial score (nSPS) is 11.3. The highest BCUT2D eigenvalue weighted by molar-refractivity contribution is 5.92. The Morgan fingerprint density at radius 3 is 2.84 bits per heavy atom. The van der Waals surface area contributed by atoms with Crippen LogP contribution in [-0.2, 0) is 6.54 Å². The lowest BCUT2D eigenvalue weighted by Crippen LogP contribution is -2.05. The third kappa shape index (κ3) is 2.21. The van der Waals surface area contributed by atoms with Gasteiger partial charge in [0, 0.05) is 23.7 Å². The summed E-state index contributed by atoms with van der Waals surface area (Å²) in [5.41, 5.74) is 2.07. The SMILES string of the molecule is CC(C)Cn1cnnc1-c1ccnc2ccccc12. The van der Waals surface area contributed by atoms with Gasteiger partial charge >= 0.3 is 0 Å². The molecule has 0 amide bonds. The predicted molar refractivity (Wildman–Crippen MR) is 75.6 cm³/mol. The topological polar surface area (TPSA) is 43.6 Å². The summed E-state index contributed by atoms with van der Waals surface area (Å²) < 4.78 is 2.10. The van der Waals surface area contributed by atoms with E-state index >= 15 is 0 Å². The second-order valence-electron chi connectivity index (χ2n) is 5.08. The fourth-order valence-corrected chi connectivity index (χ4v) is 2.28. The number of para-hydroxylation sites is 1. The molecule has 0 bridgehead atoms. The van der Waals surface area contributed by atoms with E-state index in [4.69, 9.17) is 0 Å². The maximum atomic E-state index is 4.38. The van der Waals surface area contributed by atoms with E-state index in [1.165, 1.54) is 0 Å². The highest BCUT2D eigenvalue weighted by atomic mass is 15.3. The van der Waals surface area contributed by atoms with Crippen molar-refractivity contribution in [3.63, 3.8) is 0 Å². The zero-order valence-corrected chi connectivity index (χ0v) is 11.1.